The topological polar surface area (TPSA) is 114 Å². The molecule has 1 aliphatic heterocycles. The fourth-order valence-electron chi connectivity index (χ4n) is 4.92. The third-order valence-electron chi connectivity index (χ3n) is 7.22. The standard InChI is InChI=1S/C33H37N3O5S.ClH/c1-18(40-20-10-8-19(9-11-20)14-27-30(38)36-31(39)42-27)29-34-25-13-12-21(17-26(25)35-29)41-22-15-23(32(2,3)4)28(37)24(16-22)33(5,6)7;/h8-13,15-18,27,37H,14H2,1-7H3,(H,34,35)(H,36,38,39);1H. The molecule has 8 nitrogen and oxygen atoms in total. The highest BCUT2D eigenvalue weighted by Crippen LogP contribution is 2.42. The van der Waals surface area contributed by atoms with Crippen LogP contribution in [0, 0.1) is 0 Å². The third kappa shape index (κ3) is 7.28. The lowest BCUT2D eigenvalue weighted by molar-refractivity contribution is -0.118. The van der Waals surface area contributed by atoms with E-state index in [9.17, 15) is 14.7 Å². The number of ether oxygens (including phenoxy) is 2. The van der Waals surface area contributed by atoms with Crippen LogP contribution in [0.3, 0.4) is 0 Å². The Balaban J connectivity index is 0.00000423. The summed E-state index contributed by atoms with van der Waals surface area (Å²) in [4.78, 5) is 31.3. The van der Waals surface area contributed by atoms with E-state index in [0.717, 1.165) is 39.5 Å². The minimum Gasteiger partial charge on any atom is -0.507 e. The van der Waals surface area contributed by atoms with E-state index in [4.69, 9.17) is 14.5 Å². The molecule has 228 valence electrons. The van der Waals surface area contributed by atoms with Crippen molar-refractivity contribution in [2.24, 2.45) is 0 Å². The molecule has 2 amide bonds. The number of halogens is 1. The van der Waals surface area contributed by atoms with Gasteiger partial charge in [0.25, 0.3) is 5.24 Å². The van der Waals surface area contributed by atoms with E-state index in [1.807, 2.05) is 61.5 Å². The first-order valence-corrected chi connectivity index (χ1v) is 14.9. The highest BCUT2D eigenvalue weighted by Gasteiger charge is 2.31. The van der Waals surface area contributed by atoms with Gasteiger partial charge in [-0.2, -0.15) is 0 Å². The number of carbonyl (C=O) groups excluding carboxylic acids is 2. The first-order valence-electron chi connectivity index (χ1n) is 14.0. The number of aromatic amines is 1. The van der Waals surface area contributed by atoms with Crippen LogP contribution in [0.5, 0.6) is 23.0 Å². The molecule has 0 saturated carbocycles. The van der Waals surface area contributed by atoms with E-state index in [2.05, 4.69) is 51.8 Å². The zero-order valence-corrected chi connectivity index (χ0v) is 27.0. The number of fused-ring (bicyclic) bond motifs is 1. The number of imidazole rings is 1. The number of nitrogens with one attached hydrogen (secondary N) is 2. The molecule has 10 heteroatoms. The summed E-state index contributed by atoms with van der Waals surface area (Å²) in [6, 6.07) is 17.0. The van der Waals surface area contributed by atoms with Gasteiger partial charge in [-0.1, -0.05) is 65.4 Å². The summed E-state index contributed by atoms with van der Waals surface area (Å²) < 4.78 is 12.4. The summed E-state index contributed by atoms with van der Waals surface area (Å²) in [5.41, 5.74) is 3.73. The first kappa shape index (κ1) is 32.2. The number of benzene rings is 3. The zero-order valence-electron chi connectivity index (χ0n) is 25.4. The minimum atomic E-state index is -0.400. The predicted molar refractivity (Wildman–Crippen MR) is 173 cm³/mol. The molecule has 3 aromatic carbocycles. The van der Waals surface area contributed by atoms with Crippen LogP contribution in [-0.2, 0) is 22.0 Å². The van der Waals surface area contributed by atoms with Crippen molar-refractivity contribution >= 4 is 46.3 Å². The van der Waals surface area contributed by atoms with Crippen molar-refractivity contribution in [3.05, 3.63) is 77.1 Å². The molecular weight excluding hydrogens is 586 g/mol. The van der Waals surface area contributed by atoms with E-state index < -0.39 is 5.25 Å². The monoisotopic (exact) mass is 623 g/mol. The van der Waals surface area contributed by atoms with Gasteiger partial charge in [-0.3, -0.25) is 14.9 Å². The van der Waals surface area contributed by atoms with Gasteiger partial charge in [0.2, 0.25) is 5.91 Å². The summed E-state index contributed by atoms with van der Waals surface area (Å²) in [5, 5.41) is 12.7. The van der Waals surface area contributed by atoms with Gasteiger partial charge in [-0.25, -0.2) is 4.98 Å². The molecule has 1 aromatic heterocycles. The molecule has 2 atom stereocenters. The molecule has 0 radical (unpaired) electrons. The second kappa shape index (κ2) is 12.1. The number of amides is 2. The molecule has 5 rings (SSSR count). The quantitative estimate of drug-likeness (QED) is 0.190. The normalized spacial score (nSPS) is 16.1. The van der Waals surface area contributed by atoms with Gasteiger partial charge in [0.15, 0.2) is 6.10 Å². The molecule has 1 fully saturated rings. The van der Waals surface area contributed by atoms with Crippen molar-refractivity contribution in [2.45, 2.75) is 77.1 Å². The van der Waals surface area contributed by atoms with Crippen molar-refractivity contribution in [2.75, 3.05) is 0 Å². The molecule has 0 bridgehead atoms. The van der Waals surface area contributed by atoms with E-state index >= 15 is 0 Å². The summed E-state index contributed by atoms with van der Waals surface area (Å²) in [5.74, 6) is 2.75. The SMILES string of the molecule is CC(Oc1ccc(CC2SC(=O)NC2=O)cc1)c1nc2ccc(Oc3cc(C(C)(C)C)c(O)c(C(C)(C)C)c3)cc2[nH]1.Cl. The van der Waals surface area contributed by atoms with Gasteiger partial charge in [-0.05, 0) is 66.1 Å². The Labute approximate surface area is 262 Å². The Morgan fingerprint density at radius 2 is 1.51 bits per heavy atom. The molecule has 2 unspecified atom stereocenters. The van der Waals surface area contributed by atoms with E-state index in [0.29, 0.717) is 35.2 Å². The summed E-state index contributed by atoms with van der Waals surface area (Å²) in [6.45, 7) is 14.4. The van der Waals surface area contributed by atoms with Gasteiger partial charge in [0, 0.05) is 17.2 Å². The number of rotatable bonds is 7. The molecule has 4 aromatic rings. The Bertz CT molecular complexity index is 1620. The highest BCUT2D eigenvalue weighted by atomic mass is 35.5. The van der Waals surface area contributed by atoms with E-state index in [1.165, 1.54) is 0 Å². The number of phenolic OH excluding ortho intramolecular Hbond substituents is 1. The van der Waals surface area contributed by atoms with E-state index in [-0.39, 0.29) is 40.5 Å². The fraction of sp³-hybridized carbons (Fsp3) is 0.364. The summed E-state index contributed by atoms with van der Waals surface area (Å²) in [6.07, 6.45) is 0.132. The number of aromatic nitrogens is 2. The van der Waals surface area contributed by atoms with Crippen LogP contribution in [0.25, 0.3) is 11.0 Å². The Morgan fingerprint density at radius 3 is 2.07 bits per heavy atom. The maximum atomic E-state index is 11.9. The number of hydrogen-bond acceptors (Lipinski definition) is 7. The van der Waals surface area contributed by atoms with Gasteiger partial charge in [0.05, 0.1) is 16.3 Å². The largest absolute Gasteiger partial charge is 0.507 e. The van der Waals surface area contributed by atoms with Crippen LogP contribution in [0.1, 0.15) is 77.1 Å². The fourth-order valence-corrected chi connectivity index (χ4v) is 5.78. The molecule has 1 aliphatic rings. The van der Waals surface area contributed by atoms with Crippen molar-refractivity contribution in [3.63, 3.8) is 0 Å². The lowest BCUT2D eigenvalue weighted by atomic mass is 9.79. The number of nitrogens with zero attached hydrogens (tertiary/aromatic N) is 1. The van der Waals surface area contributed by atoms with Crippen LogP contribution in [-0.4, -0.2) is 31.5 Å². The third-order valence-corrected chi connectivity index (χ3v) is 8.20. The number of phenols is 1. The number of H-pyrrole nitrogens is 1. The number of imide groups is 1. The average molecular weight is 624 g/mol. The van der Waals surface area contributed by atoms with Crippen LogP contribution < -0.4 is 14.8 Å². The zero-order chi connectivity index (χ0) is 30.4. The van der Waals surface area contributed by atoms with Crippen molar-refractivity contribution < 1.29 is 24.2 Å². The average Bonchev–Trinajstić information content (AvgIpc) is 3.46. The molecular formula is C33H38ClN3O5S. The number of carbonyl (C=O) groups is 2. The number of hydrogen-bond donors (Lipinski definition) is 3. The van der Waals surface area contributed by atoms with E-state index in [1.54, 1.807) is 0 Å². The van der Waals surface area contributed by atoms with Crippen LogP contribution >= 0.6 is 24.2 Å². The Morgan fingerprint density at radius 1 is 0.907 bits per heavy atom. The minimum absolute atomic E-state index is 0. The van der Waals surface area contributed by atoms with Crippen LogP contribution in [0.15, 0.2) is 54.6 Å². The Kier molecular flexibility index (Phi) is 9.09. The lowest BCUT2D eigenvalue weighted by Gasteiger charge is -2.28. The van der Waals surface area contributed by atoms with Crippen molar-refractivity contribution in [1.82, 2.24) is 15.3 Å². The molecule has 0 aliphatic carbocycles. The molecule has 3 N–H and O–H groups in total. The molecule has 1 saturated heterocycles. The molecule has 0 spiro atoms. The number of aromatic hydroxyl groups is 1. The maximum absolute atomic E-state index is 11.9. The lowest BCUT2D eigenvalue weighted by Crippen LogP contribution is -2.25. The second-order valence-corrected chi connectivity index (χ2v) is 13.9. The number of thioether (sulfide) groups is 1. The summed E-state index contributed by atoms with van der Waals surface area (Å²) >= 11 is 1.02. The maximum Gasteiger partial charge on any atom is 0.286 e. The predicted octanol–water partition coefficient (Wildman–Crippen LogP) is 8.11. The second-order valence-electron chi connectivity index (χ2n) is 12.8. The van der Waals surface area contributed by atoms with Gasteiger partial charge in [0.1, 0.15) is 28.8 Å². The van der Waals surface area contributed by atoms with Crippen LogP contribution in [0.4, 0.5) is 4.79 Å². The highest BCUT2D eigenvalue weighted by molar-refractivity contribution is 8.15. The van der Waals surface area contributed by atoms with Crippen LogP contribution in [0.2, 0.25) is 0 Å². The first-order chi connectivity index (χ1) is 19.7. The van der Waals surface area contributed by atoms with Crippen molar-refractivity contribution in [3.8, 4) is 23.0 Å². The molecule has 2 heterocycles. The Hall–Kier alpha value is -3.69. The van der Waals surface area contributed by atoms with Gasteiger partial charge < -0.3 is 19.6 Å². The summed E-state index contributed by atoms with van der Waals surface area (Å²) in [7, 11) is 0. The van der Waals surface area contributed by atoms with Crippen molar-refractivity contribution in [1.29, 1.82) is 0 Å². The smallest absolute Gasteiger partial charge is 0.286 e. The van der Waals surface area contributed by atoms with Gasteiger partial charge in [-0.15, -0.1) is 12.4 Å². The molecule has 43 heavy (non-hydrogen) atoms. The van der Waals surface area contributed by atoms with Gasteiger partial charge >= 0.3 is 0 Å².